The van der Waals surface area contributed by atoms with E-state index < -0.39 is 0 Å². The minimum absolute atomic E-state index is 0.0665. The molecule has 0 atom stereocenters. The summed E-state index contributed by atoms with van der Waals surface area (Å²) in [6, 6.07) is 27.6. The first-order chi connectivity index (χ1) is 19.1. The average molecular weight is 518 g/mol. The summed E-state index contributed by atoms with van der Waals surface area (Å²) in [6.07, 6.45) is 6.86. The third kappa shape index (κ3) is 6.51. The van der Waals surface area contributed by atoms with Crippen LogP contribution >= 0.6 is 0 Å². The summed E-state index contributed by atoms with van der Waals surface area (Å²) in [5.41, 5.74) is 10.2. The van der Waals surface area contributed by atoms with Gasteiger partial charge in [0.05, 0.1) is 5.56 Å². The van der Waals surface area contributed by atoms with Gasteiger partial charge in [-0.15, -0.1) is 0 Å². The monoisotopic (exact) mass is 517 g/mol. The van der Waals surface area contributed by atoms with Crippen LogP contribution in [0.25, 0.3) is 11.1 Å². The standard InChI is InChI=1S/C31H31N7O/c32-18-23-6-17-30(35-20-23)37-26-10-14-28(15-11-26)38(31(39)36-19-22-4-2-1-3-5-22)27-12-7-24(8-13-27)25-9-16-29(33)34-21-25/h1-9,12-13,16-17,20-21,26,28H,10-11,14-15,19H2,(H2,33,34)(H,35,37)(H,36,39). The topological polar surface area (TPSA) is 120 Å². The Morgan fingerprint density at radius 2 is 1.64 bits per heavy atom. The van der Waals surface area contributed by atoms with E-state index in [0.29, 0.717) is 17.9 Å². The van der Waals surface area contributed by atoms with Crippen molar-refractivity contribution in [3.8, 4) is 17.2 Å². The summed E-state index contributed by atoms with van der Waals surface area (Å²) in [5.74, 6) is 1.25. The van der Waals surface area contributed by atoms with Gasteiger partial charge in [0.25, 0.3) is 0 Å². The lowest BCUT2D eigenvalue weighted by atomic mass is 9.89. The highest BCUT2D eigenvalue weighted by Crippen LogP contribution is 2.31. The van der Waals surface area contributed by atoms with Gasteiger partial charge in [0, 0.05) is 42.3 Å². The van der Waals surface area contributed by atoms with Gasteiger partial charge in [-0.05, 0) is 73.2 Å². The molecule has 2 amide bonds. The molecule has 4 N–H and O–H groups in total. The average Bonchev–Trinajstić information content (AvgIpc) is 2.99. The second-order valence-electron chi connectivity index (χ2n) is 9.73. The SMILES string of the molecule is N#Cc1ccc(NC2CCC(N(C(=O)NCc3ccccc3)c3ccc(-c4ccc(N)nc4)cc3)CC2)nc1. The molecule has 0 aliphatic heterocycles. The molecule has 0 spiro atoms. The first-order valence-electron chi connectivity index (χ1n) is 13.1. The number of aromatic nitrogens is 2. The van der Waals surface area contributed by atoms with Gasteiger partial charge in [-0.3, -0.25) is 4.90 Å². The van der Waals surface area contributed by atoms with E-state index in [-0.39, 0.29) is 18.1 Å². The van der Waals surface area contributed by atoms with Gasteiger partial charge in [-0.1, -0.05) is 42.5 Å². The van der Waals surface area contributed by atoms with E-state index >= 15 is 0 Å². The summed E-state index contributed by atoms with van der Waals surface area (Å²) < 4.78 is 0. The molecular formula is C31H31N7O. The molecule has 1 aliphatic carbocycles. The number of anilines is 3. The van der Waals surface area contributed by atoms with Crippen LogP contribution < -0.4 is 21.3 Å². The van der Waals surface area contributed by atoms with Gasteiger partial charge in [0.2, 0.25) is 0 Å². The number of urea groups is 1. The minimum atomic E-state index is -0.106. The molecule has 0 unspecified atom stereocenters. The molecule has 0 radical (unpaired) electrons. The molecule has 4 aromatic rings. The first kappa shape index (κ1) is 25.7. The number of carbonyl (C=O) groups is 1. The normalized spacial score (nSPS) is 16.6. The van der Waals surface area contributed by atoms with E-state index in [0.717, 1.165) is 53.9 Å². The molecule has 39 heavy (non-hydrogen) atoms. The van der Waals surface area contributed by atoms with Crippen LogP contribution in [0.5, 0.6) is 0 Å². The van der Waals surface area contributed by atoms with Crippen molar-refractivity contribution < 1.29 is 4.79 Å². The van der Waals surface area contributed by atoms with E-state index in [1.807, 2.05) is 71.6 Å². The van der Waals surface area contributed by atoms with E-state index in [1.165, 1.54) is 0 Å². The van der Waals surface area contributed by atoms with Crippen molar-refractivity contribution in [3.05, 3.63) is 102 Å². The number of pyridine rings is 2. The Hall–Kier alpha value is -4.90. The number of nitriles is 1. The van der Waals surface area contributed by atoms with Crippen molar-refractivity contribution in [2.45, 2.75) is 44.3 Å². The summed E-state index contributed by atoms with van der Waals surface area (Å²) in [6.45, 7) is 0.465. The van der Waals surface area contributed by atoms with Crippen LogP contribution in [0.15, 0.2) is 91.3 Å². The number of nitrogens with zero attached hydrogens (tertiary/aromatic N) is 4. The zero-order valence-electron chi connectivity index (χ0n) is 21.6. The molecule has 1 fully saturated rings. The van der Waals surface area contributed by atoms with Crippen LogP contribution in [-0.4, -0.2) is 28.1 Å². The Morgan fingerprint density at radius 3 is 2.28 bits per heavy atom. The molecule has 0 saturated heterocycles. The molecule has 8 nitrogen and oxygen atoms in total. The smallest absolute Gasteiger partial charge is 0.322 e. The van der Waals surface area contributed by atoms with Crippen molar-refractivity contribution in [3.63, 3.8) is 0 Å². The number of rotatable bonds is 7. The third-order valence-corrected chi connectivity index (χ3v) is 7.08. The number of amides is 2. The number of nitrogens with one attached hydrogen (secondary N) is 2. The lowest BCUT2D eigenvalue weighted by molar-refractivity contribution is 0.240. The quantitative estimate of drug-likeness (QED) is 0.288. The molecule has 2 heterocycles. The highest BCUT2D eigenvalue weighted by atomic mass is 16.2. The summed E-state index contributed by atoms with van der Waals surface area (Å²) >= 11 is 0. The Bertz CT molecular complexity index is 1410. The largest absolute Gasteiger partial charge is 0.384 e. The maximum atomic E-state index is 13.6. The highest BCUT2D eigenvalue weighted by molar-refractivity contribution is 5.93. The molecule has 2 aromatic carbocycles. The maximum absolute atomic E-state index is 13.6. The molecule has 0 bridgehead atoms. The van der Waals surface area contributed by atoms with Crippen LogP contribution in [-0.2, 0) is 6.54 Å². The molecular weight excluding hydrogens is 486 g/mol. The van der Waals surface area contributed by atoms with Gasteiger partial charge in [0.15, 0.2) is 0 Å². The lowest BCUT2D eigenvalue weighted by Gasteiger charge is -2.37. The highest BCUT2D eigenvalue weighted by Gasteiger charge is 2.30. The molecule has 8 heteroatoms. The number of nitrogen functional groups attached to an aromatic ring is 1. The Kier molecular flexibility index (Phi) is 7.98. The Labute approximate surface area is 228 Å². The summed E-state index contributed by atoms with van der Waals surface area (Å²) in [7, 11) is 0. The maximum Gasteiger partial charge on any atom is 0.322 e. The Balaban J connectivity index is 1.30. The number of nitrogens with two attached hydrogens (primary N) is 1. The zero-order valence-corrected chi connectivity index (χ0v) is 21.6. The Morgan fingerprint density at radius 1 is 0.897 bits per heavy atom. The second-order valence-corrected chi connectivity index (χ2v) is 9.73. The lowest BCUT2D eigenvalue weighted by Crippen LogP contribution is -2.48. The number of carbonyl (C=O) groups excluding carboxylic acids is 1. The van der Waals surface area contributed by atoms with Crippen LogP contribution in [0.4, 0.5) is 22.1 Å². The first-order valence-corrected chi connectivity index (χ1v) is 13.1. The van der Waals surface area contributed by atoms with E-state index in [4.69, 9.17) is 11.0 Å². The van der Waals surface area contributed by atoms with Gasteiger partial charge in [-0.2, -0.15) is 5.26 Å². The van der Waals surface area contributed by atoms with Gasteiger partial charge in [0.1, 0.15) is 17.7 Å². The van der Waals surface area contributed by atoms with Crippen LogP contribution in [0.1, 0.15) is 36.8 Å². The van der Waals surface area contributed by atoms with E-state index in [2.05, 4.69) is 26.7 Å². The van der Waals surface area contributed by atoms with Crippen molar-refractivity contribution >= 4 is 23.4 Å². The number of hydrogen-bond acceptors (Lipinski definition) is 6. The van der Waals surface area contributed by atoms with E-state index in [1.54, 1.807) is 24.5 Å². The fraction of sp³-hybridized carbons (Fsp3) is 0.226. The van der Waals surface area contributed by atoms with E-state index in [9.17, 15) is 4.79 Å². The van der Waals surface area contributed by atoms with Crippen LogP contribution in [0.3, 0.4) is 0 Å². The van der Waals surface area contributed by atoms with Gasteiger partial charge < -0.3 is 16.4 Å². The molecule has 1 saturated carbocycles. The van der Waals surface area contributed by atoms with Crippen LogP contribution in [0.2, 0.25) is 0 Å². The zero-order chi connectivity index (χ0) is 27.0. The minimum Gasteiger partial charge on any atom is -0.384 e. The summed E-state index contributed by atoms with van der Waals surface area (Å²) in [5, 5.41) is 15.6. The van der Waals surface area contributed by atoms with Crippen molar-refractivity contribution in [1.29, 1.82) is 5.26 Å². The van der Waals surface area contributed by atoms with Gasteiger partial charge >= 0.3 is 6.03 Å². The fourth-order valence-corrected chi connectivity index (χ4v) is 4.98. The second kappa shape index (κ2) is 12.1. The summed E-state index contributed by atoms with van der Waals surface area (Å²) in [4.78, 5) is 24.0. The molecule has 196 valence electrons. The molecule has 5 rings (SSSR count). The van der Waals surface area contributed by atoms with Crippen molar-refractivity contribution in [2.24, 2.45) is 0 Å². The number of hydrogen-bond donors (Lipinski definition) is 3. The van der Waals surface area contributed by atoms with Crippen molar-refractivity contribution in [1.82, 2.24) is 15.3 Å². The van der Waals surface area contributed by atoms with Gasteiger partial charge in [-0.25, -0.2) is 14.8 Å². The third-order valence-electron chi connectivity index (χ3n) is 7.08. The van der Waals surface area contributed by atoms with Crippen molar-refractivity contribution in [2.75, 3.05) is 16.0 Å². The molecule has 1 aliphatic rings. The molecule has 2 aromatic heterocycles. The number of benzene rings is 2. The predicted molar refractivity (Wildman–Crippen MR) is 154 cm³/mol. The fourth-order valence-electron chi connectivity index (χ4n) is 4.98. The van der Waals surface area contributed by atoms with Crippen LogP contribution in [0, 0.1) is 11.3 Å². The predicted octanol–water partition coefficient (Wildman–Crippen LogP) is 5.74.